The number of hydrogen-bond donors (Lipinski definition) is 2. The Kier molecular flexibility index (Phi) is 4.43. The summed E-state index contributed by atoms with van der Waals surface area (Å²) in [5, 5.41) is 9.32. The molecule has 3 N–H and O–H groups in total. The molecule has 4 nitrogen and oxygen atoms in total. The number of rotatable bonds is 4. The standard InChI is InChI=1S/C14H24N2O2/c1-10-5-6-13(18-10)14(11(2)15)16-7-3-4-12(8-16)9-17/h5-6,11-12,14,17H,3-4,7-9,15H2,1-2H3. The van der Waals surface area contributed by atoms with Crippen LogP contribution in [0, 0.1) is 12.8 Å². The van der Waals surface area contributed by atoms with Crippen molar-refractivity contribution in [2.45, 2.75) is 38.8 Å². The highest BCUT2D eigenvalue weighted by Crippen LogP contribution is 2.29. The van der Waals surface area contributed by atoms with Crippen LogP contribution < -0.4 is 5.73 Å². The number of aryl methyl sites for hydroxylation is 1. The predicted molar refractivity (Wildman–Crippen MR) is 71.2 cm³/mol. The molecule has 102 valence electrons. The van der Waals surface area contributed by atoms with Gasteiger partial charge in [-0.3, -0.25) is 4.90 Å². The fourth-order valence-electron chi connectivity index (χ4n) is 2.88. The second kappa shape index (κ2) is 5.87. The molecule has 0 spiro atoms. The summed E-state index contributed by atoms with van der Waals surface area (Å²) in [6.07, 6.45) is 2.23. The highest BCUT2D eigenvalue weighted by atomic mass is 16.3. The van der Waals surface area contributed by atoms with E-state index in [4.69, 9.17) is 10.2 Å². The molecule has 4 heteroatoms. The van der Waals surface area contributed by atoms with E-state index in [-0.39, 0.29) is 18.7 Å². The lowest BCUT2D eigenvalue weighted by molar-refractivity contribution is 0.0699. The van der Waals surface area contributed by atoms with Gasteiger partial charge >= 0.3 is 0 Å². The van der Waals surface area contributed by atoms with Crippen molar-refractivity contribution in [2.75, 3.05) is 19.7 Å². The topological polar surface area (TPSA) is 62.6 Å². The highest BCUT2D eigenvalue weighted by Gasteiger charge is 2.30. The Hall–Kier alpha value is -0.840. The first kappa shape index (κ1) is 13.6. The summed E-state index contributed by atoms with van der Waals surface area (Å²) >= 11 is 0. The number of aliphatic hydroxyl groups is 1. The summed E-state index contributed by atoms with van der Waals surface area (Å²) in [7, 11) is 0. The van der Waals surface area contributed by atoms with Gasteiger partial charge in [0.2, 0.25) is 0 Å². The van der Waals surface area contributed by atoms with Crippen LogP contribution in [0.5, 0.6) is 0 Å². The molecule has 1 aliphatic rings. The van der Waals surface area contributed by atoms with Crippen molar-refractivity contribution in [3.8, 4) is 0 Å². The van der Waals surface area contributed by atoms with E-state index in [1.807, 2.05) is 26.0 Å². The van der Waals surface area contributed by atoms with Crippen molar-refractivity contribution >= 4 is 0 Å². The zero-order valence-electron chi connectivity index (χ0n) is 11.3. The van der Waals surface area contributed by atoms with Crippen LogP contribution >= 0.6 is 0 Å². The number of nitrogens with zero attached hydrogens (tertiary/aromatic N) is 1. The van der Waals surface area contributed by atoms with Gasteiger partial charge in [-0.25, -0.2) is 0 Å². The van der Waals surface area contributed by atoms with Crippen molar-refractivity contribution in [3.63, 3.8) is 0 Å². The van der Waals surface area contributed by atoms with Crippen LogP contribution in [0.4, 0.5) is 0 Å². The van der Waals surface area contributed by atoms with Gasteiger partial charge in [0.05, 0.1) is 6.04 Å². The van der Waals surface area contributed by atoms with Gasteiger partial charge < -0.3 is 15.3 Å². The molecule has 3 atom stereocenters. The third-order valence-electron chi connectivity index (χ3n) is 3.75. The van der Waals surface area contributed by atoms with E-state index >= 15 is 0 Å². The van der Waals surface area contributed by atoms with Gasteiger partial charge in [0.25, 0.3) is 0 Å². The lowest BCUT2D eigenvalue weighted by atomic mass is 9.95. The number of furan rings is 1. The van der Waals surface area contributed by atoms with E-state index in [9.17, 15) is 5.11 Å². The lowest BCUT2D eigenvalue weighted by Crippen LogP contribution is -2.45. The van der Waals surface area contributed by atoms with Crippen LogP contribution in [-0.4, -0.2) is 35.7 Å². The van der Waals surface area contributed by atoms with Crippen molar-refractivity contribution < 1.29 is 9.52 Å². The third-order valence-corrected chi connectivity index (χ3v) is 3.75. The number of nitrogens with two attached hydrogens (primary N) is 1. The van der Waals surface area contributed by atoms with Crippen molar-refractivity contribution in [3.05, 3.63) is 23.7 Å². The maximum absolute atomic E-state index is 9.32. The molecule has 1 aliphatic heterocycles. The fourth-order valence-corrected chi connectivity index (χ4v) is 2.88. The van der Waals surface area contributed by atoms with Gasteiger partial charge in [-0.05, 0) is 51.3 Å². The van der Waals surface area contributed by atoms with Crippen LogP contribution in [0.15, 0.2) is 16.5 Å². The van der Waals surface area contributed by atoms with Gasteiger partial charge in [-0.2, -0.15) is 0 Å². The Morgan fingerprint density at radius 2 is 2.33 bits per heavy atom. The summed E-state index contributed by atoms with van der Waals surface area (Å²) < 4.78 is 5.74. The molecule has 0 saturated carbocycles. The van der Waals surface area contributed by atoms with Crippen LogP contribution in [0.2, 0.25) is 0 Å². The van der Waals surface area contributed by atoms with Gasteiger partial charge in [-0.1, -0.05) is 0 Å². The summed E-state index contributed by atoms with van der Waals surface area (Å²) in [6.45, 7) is 6.17. The van der Waals surface area contributed by atoms with E-state index in [0.29, 0.717) is 5.92 Å². The van der Waals surface area contributed by atoms with E-state index in [2.05, 4.69) is 4.90 Å². The number of aliphatic hydroxyl groups excluding tert-OH is 1. The molecule has 0 amide bonds. The number of likely N-dealkylation sites (tertiary alicyclic amines) is 1. The van der Waals surface area contributed by atoms with Crippen LogP contribution in [-0.2, 0) is 0 Å². The molecule has 0 aliphatic carbocycles. The zero-order chi connectivity index (χ0) is 13.1. The molecule has 2 rings (SSSR count). The monoisotopic (exact) mass is 252 g/mol. The van der Waals surface area contributed by atoms with Gasteiger partial charge in [-0.15, -0.1) is 0 Å². The minimum atomic E-state index is 0.0213. The van der Waals surface area contributed by atoms with Gasteiger partial charge in [0.1, 0.15) is 11.5 Å². The quantitative estimate of drug-likeness (QED) is 0.856. The Morgan fingerprint density at radius 3 is 2.89 bits per heavy atom. The summed E-state index contributed by atoms with van der Waals surface area (Å²) in [5.74, 6) is 2.24. The molecule has 1 saturated heterocycles. The van der Waals surface area contributed by atoms with E-state index in [1.54, 1.807) is 0 Å². The molecule has 1 fully saturated rings. The van der Waals surface area contributed by atoms with Crippen molar-refractivity contribution in [1.29, 1.82) is 0 Å². The predicted octanol–water partition coefficient (Wildman–Crippen LogP) is 1.68. The second-order valence-electron chi connectivity index (χ2n) is 5.44. The molecule has 0 radical (unpaired) electrons. The highest BCUT2D eigenvalue weighted by molar-refractivity contribution is 5.12. The zero-order valence-corrected chi connectivity index (χ0v) is 11.3. The largest absolute Gasteiger partial charge is 0.465 e. The molecule has 18 heavy (non-hydrogen) atoms. The Balaban J connectivity index is 2.14. The van der Waals surface area contributed by atoms with Crippen molar-refractivity contribution in [2.24, 2.45) is 11.7 Å². The molecular formula is C14H24N2O2. The minimum Gasteiger partial charge on any atom is -0.465 e. The van der Waals surface area contributed by atoms with E-state index < -0.39 is 0 Å². The number of hydrogen-bond acceptors (Lipinski definition) is 4. The Bertz CT molecular complexity index is 376. The van der Waals surface area contributed by atoms with E-state index in [1.165, 1.54) is 0 Å². The number of piperidine rings is 1. The first-order valence-corrected chi connectivity index (χ1v) is 6.78. The molecule has 0 aromatic carbocycles. The second-order valence-corrected chi connectivity index (χ2v) is 5.44. The fraction of sp³-hybridized carbons (Fsp3) is 0.714. The van der Waals surface area contributed by atoms with Gasteiger partial charge in [0.15, 0.2) is 0 Å². The van der Waals surface area contributed by atoms with Crippen LogP contribution in [0.1, 0.15) is 37.3 Å². The summed E-state index contributed by atoms with van der Waals surface area (Å²) in [6, 6.07) is 4.14. The first-order valence-electron chi connectivity index (χ1n) is 6.78. The van der Waals surface area contributed by atoms with Gasteiger partial charge in [0, 0.05) is 19.2 Å². The van der Waals surface area contributed by atoms with Crippen LogP contribution in [0.3, 0.4) is 0 Å². The smallest absolute Gasteiger partial charge is 0.122 e. The Labute approximate surface area is 109 Å². The molecule has 2 heterocycles. The average Bonchev–Trinajstić information content (AvgIpc) is 2.75. The SMILES string of the molecule is Cc1ccc(C(C(C)N)N2CCCC(CO)C2)o1. The maximum Gasteiger partial charge on any atom is 0.122 e. The molecule has 1 aromatic rings. The summed E-state index contributed by atoms with van der Waals surface area (Å²) in [5.41, 5.74) is 6.13. The van der Waals surface area contributed by atoms with Crippen LogP contribution in [0.25, 0.3) is 0 Å². The molecule has 3 unspecified atom stereocenters. The molecule has 1 aromatic heterocycles. The first-order chi connectivity index (χ1) is 8.61. The van der Waals surface area contributed by atoms with Crippen molar-refractivity contribution in [1.82, 2.24) is 4.90 Å². The third kappa shape index (κ3) is 2.94. The normalized spacial score (nSPS) is 25.0. The minimum absolute atomic E-state index is 0.0213. The maximum atomic E-state index is 9.32. The molecule has 0 bridgehead atoms. The molecular weight excluding hydrogens is 228 g/mol. The lowest BCUT2D eigenvalue weighted by Gasteiger charge is -2.38. The summed E-state index contributed by atoms with van der Waals surface area (Å²) in [4.78, 5) is 2.35. The Morgan fingerprint density at radius 1 is 1.56 bits per heavy atom. The van der Waals surface area contributed by atoms with E-state index in [0.717, 1.165) is 37.5 Å². The average molecular weight is 252 g/mol.